The van der Waals surface area contributed by atoms with Crippen molar-refractivity contribution in [2.75, 3.05) is 31.6 Å². The average molecular weight is 306 g/mol. The van der Waals surface area contributed by atoms with E-state index in [1.54, 1.807) is 0 Å². The zero-order valence-corrected chi connectivity index (χ0v) is 13.4. The lowest BCUT2D eigenvalue weighted by atomic mass is 9.90. The van der Waals surface area contributed by atoms with Crippen LogP contribution in [0, 0.1) is 19.8 Å². The van der Waals surface area contributed by atoms with Crippen LogP contribution in [-0.4, -0.2) is 53.4 Å². The molecular weight excluding hydrogens is 280 g/mol. The van der Waals surface area contributed by atoms with E-state index in [-0.39, 0.29) is 37.6 Å². The van der Waals surface area contributed by atoms with Crippen LogP contribution in [0.5, 0.6) is 0 Å². The summed E-state index contributed by atoms with van der Waals surface area (Å²) in [5, 5.41) is 21.9. The number of nitrogens with one attached hydrogen (secondary N) is 1. The van der Waals surface area contributed by atoms with Crippen LogP contribution in [0.25, 0.3) is 0 Å². The summed E-state index contributed by atoms with van der Waals surface area (Å²) in [4.78, 5) is 14.3. The molecule has 1 fully saturated rings. The fourth-order valence-corrected chi connectivity index (χ4v) is 3.21. The number of aliphatic hydroxyl groups excluding tert-OH is 2. The lowest BCUT2D eigenvalue weighted by Gasteiger charge is -2.39. The van der Waals surface area contributed by atoms with E-state index < -0.39 is 0 Å². The number of rotatable bonds is 5. The molecule has 1 heterocycles. The number of carbonyl (C=O) groups excluding carboxylic acids is 1. The molecular formula is C17H26N2O3. The van der Waals surface area contributed by atoms with Gasteiger partial charge in [-0.25, -0.2) is 0 Å². The Balaban J connectivity index is 1.98. The second-order valence-corrected chi connectivity index (χ2v) is 6.17. The number of amides is 1. The van der Waals surface area contributed by atoms with Crippen molar-refractivity contribution in [2.24, 2.45) is 5.92 Å². The van der Waals surface area contributed by atoms with Crippen LogP contribution in [0.2, 0.25) is 0 Å². The Morgan fingerprint density at radius 1 is 1.32 bits per heavy atom. The van der Waals surface area contributed by atoms with Gasteiger partial charge in [0.25, 0.3) is 0 Å². The molecule has 22 heavy (non-hydrogen) atoms. The van der Waals surface area contributed by atoms with Gasteiger partial charge in [-0.1, -0.05) is 17.7 Å². The predicted octanol–water partition coefficient (Wildman–Crippen LogP) is 1.31. The molecule has 1 aliphatic heterocycles. The van der Waals surface area contributed by atoms with Crippen LogP contribution in [-0.2, 0) is 4.79 Å². The molecule has 2 atom stereocenters. The number of carbonyl (C=O) groups is 1. The van der Waals surface area contributed by atoms with Gasteiger partial charge in [0.1, 0.15) is 0 Å². The minimum Gasteiger partial charge on any atom is -0.396 e. The number of nitrogens with zero attached hydrogens (tertiary/aromatic N) is 1. The minimum atomic E-state index is -0.136. The molecule has 3 N–H and O–H groups in total. The van der Waals surface area contributed by atoms with E-state index in [0.717, 1.165) is 36.2 Å². The molecule has 0 radical (unpaired) electrons. The lowest BCUT2D eigenvalue weighted by molar-refractivity contribution is -0.119. The average Bonchev–Trinajstić information content (AvgIpc) is 2.49. The molecule has 2 rings (SSSR count). The van der Waals surface area contributed by atoms with Crippen molar-refractivity contribution in [3.8, 4) is 0 Å². The molecule has 0 saturated carbocycles. The number of hydrogen-bond acceptors (Lipinski definition) is 4. The molecule has 5 heteroatoms. The first-order valence-electron chi connectivity index (χ1n) is 7.88. The van der Waals surface area contributed by atoms with E-state index in [2.05, 4.69) is 5.32 Å². The van der Waals surface area contributed by atoms with Gasteiger partial charge in [-0.2, -0.15) is 0 Å². The maximum Gasteiger partial charge on any atom is 0.238 e. The Bertz CT molecular complexity index is 519. The summed E-state index contributed by atoms with van der Waals surface area (Å²) in [7, 11) is 0. The smallest absolute Gasteiger partial charge is 0.238 e. The highest BCUT2D eigenvalue weighted by Crippen LogP contribution is 2.23. The first-order valence-corrected chi connectivity index (χ1v) is 7.88. The van der Waals surface area contributed by atoms with Crippen molar-refractivity contribution >= 4 is 11.6 Å². The Morgan fingerprint density at radius 2 is 2.09 bits per heavy atom. The number of hydrogen-bond donors (Lipinski definition) is 3. The van der Waals surface area contributed by atoms with E-state index >= 15 is 0 Å². The highest BCUT2D eigenvalue weighted by Gasteiger charge is 2.31. The summed E-state index contributed by atoms with van der Waals surface area (Å²) in [6.07, 6.45) is 1.84. The molecule has 1 amide bonds. The van der Waals surface area contributed by atoms with Crippen LogP contribution in [0.1, 0.15) is 24.0 Å². The standard InChI is InChI=1S/C17H26N2O3/c1-12-5-6-15(13(2)8-12)18-17(22)9-19-7-3-4-14(10-20)16(19)11-21/h5-6,8,14,16,20-21H,3-4,7,9-11H2,1-2H3,(H,18,22)/t14-,16+/m0/s1. The number of piperidine rings is 1. The van der Waals surface area contributed by atoms with Gasteiger partial charge in [0.05, 0.1) is 13.2 Å². The third kappa shape index (κ3) is 4.06. The van der Waals surface area contributed by atoms with Gasteiger partial charge in [-0.3, -0.25) is 9.69 Å². The van der Waals surface area contributed by atoms with Crippen LogP contribution >= 0.6 is 0 Å². The zero-order chi connectivity index (χ0) is 16.1. The molecule has 1 aromatic carbocycles. The zero-order valence-electron chi connectivity index (χ0n) is 13.4. The monoisotopic (exact) mass is 306 g/mol. The maximum atomic E-state index is 12.3. The minimum absolute atomic E-state index is 0.0257. The van der Waals surface area contributed by atoms with Crippen molar-refractivity contribution in [3.05, 3.63) is 29.3 Å². The summed E-state index contributed by atoms with van der Waals surface area (Å²) < 4.78 is 0. The molecule has 1 aliphatic rings. The SMILES string of the molecule is Cc1ccc(NC(=O)CN2CCC[C@@H](CO)[C@H]2CO)c(C)c1. The first-order chi connectivity index (χ1) is 10.5. The molecule has 0 aromatic heterocycles. The fraction of sp³-hybridized carbons (Fsp3) is 0.588. The van der Waals surface area contributed by atoms with Gasteiger partial charge in [0.15, 0.2) is 0 Å². The van der Waals surface area contributed by atoms with Crippen LogP contribution in [0.15, 0.2) is 18.2 Å². The van der Waals surface area contributed by atoms with E-state index in [1.807, 2.05) is 36.9 Å². The Hall–Kier alpha value is -1.43. The maximum absolute atomic E-state index is 12.3. The fourth-order valence-electron chi connectivity index (χ4n) is 3.21. The van der Waals surface area contributed by atoms with Crippen molar-refractivity contribution in [2.45, 2.75) is 32.7 Å². The van der Waals surface area contributed by atoms with E-state index in [9.17, 15) is 15.0 Å². The van der Waals surface area contributed by atoms with Gasteiger partial charge in [-0.05, 0) is 50.8 Å². The molecule has 1 saturated heterocycles. The second-order valence-electron chi connectivity index (χ2n) is 6.17. The molecule has 0 unspecified atom stereocenters. The molecule has 1 aromatic rings. The summed E-state index contributed by atoms with van der Waals surface area (Å²) in [5.74, 6) is -0.0309. The third-order valence-corrected chi connectivity index (χ3v) is 4.46. The number of aryl methyl sites for hydroxylation is 2. The van der Waals surface area contributed by atoms with Crippen molar-refractivity contribution in [1.29, 1.82) is 0 Å². The predicted molar refractivity (Wildman–Crippen MR) is 86.8 cm³/mol. The van der Waals surface area contributed by atoms with Gasteiger partial charge in [0, 0.05) is 18.3 Å². The van der Waals surface area contributed by atoms with Gasteiger partial charge < -0.3 is 15.5 Å². The van der Waals surface area contributed by atoms with E-state index in [0.29, 0.717) is 0 Å². The van der Waals surface area contributed by atoms with Gasteiger partial charge >= 0.3 is 0 Å². The highest BCUT2D eigenvalue weighted by molar-refractivity contribution is 5.93. The topological polar surface area (TPSA) is 72.8 Å². The van der Waals surface area contributed by atoms with Crippen LogP contribution in [0.3, 0.4) is 0 Å². The number of aliphatic hydroxyl groups is 2. The summed E-state index contributed by atoms with van der Waals surface area (Å²) >= 11 is 0. The van der Waals surface area contributed by atoms with Crippen molar-refractivity contribution in [1.82, 2.24) is 4.90 Å². The van der Waals surface area contributed by atoms with Crippen molar-refractivity contribution in [3.63, 3.8) is 0 Å². The summed E-state index contributed by atoms with van der Waals surface area (Å²) in [6.45, 7) is 5.05. The van der Waals surface area contributed by atoms with Gasteiger partial charge in [0.2, 0.25) is 5.91 Å². The summed E-state index contributed by atoms with van der Waals surface area (Å²) in [6, 6.07) is 5.79. The highest BCUT2D eigenvalue weighted by atomic mass is 16.3. The number of anilines is 1. The third-order valence-electron chi connectivity index (χ3n) is 4.46. The second kappa shape index (κ2) is 7.72. The molecule has 0 bridgehead atoms. The molecule has 0 spiro atoms. The number of benzene rings is 1. The Morgan fingerprint density at radius 3 is 2.73 bits per heavy atom. The molecule has 122 valence electrons. The normalized spacial score (nSPS) is 22.5. The van der Waals surface area contributed by atoms with Crippen LogP contribution < -0.4 is 5.32 Å². The Labute approximate surface area is 131 Å². The van der Waals surface area contributed by atoms with Crippen molar-refractivity contribution < 1.29 is 15.0 Å². The quantitative estimate of drug-likeness (QED) is 0.767. The summed E-state index contributed by atoms with van der Waals surface area (Å²) in [5.41, 5.74) is 3.03. The van der Waals surface area contributed by atoms with Gasteiger partial charge in [-0.15, -0.1) is 0 Å². The molecule has 0 aliphatic carbocycles. The van der Waals surface area contributed by atoms with E-state index in [1.165, 1.54) is 0 Å². The first kappa shape index (κ1) is 16.9. The van der Waals surface area contributed by atoms with Crippen LogP contribution in [0.4, 0.5) is 5.69 Å². The van der Waals surface area contributed by atoms with E-state index in [4.69, 9.17) is 0 Å². The largest absolute Gasteiger partial charge is 0.396 e. The number of likely N-dealkylation sites (tertiary alicyclic amines) is 1. The lowest BCUT2D eigenvalue weighted by Crippen LogP contribution is -2.51. The molecule has 5 nitrogen and oxygen atoms in total. The Kier molecular flexibility index (Phi) is 5.94.